The van der Waals surface area contributed by atoms with Crippen LogP contribution in [-0.4, -0.2) is 41.0 Å². The van der Waals surface area contributed by atoms with E-state index in [0.29, 0.717) is 0 Å². The predicted octanol–water partition coefficient (Wildman–Crippen LogP) is 4.59. The van der Waals surface area contributed by atoms with Crippen molar-refractivity contribution >= 4 is 5.95 Å². The molecule has 5 rings (SSSR count). The van der Waals surface area contributed by atoms with Crippen LogP contribution in [0.4, 0.5) is 5.95 Å². The summed E-state index contributed by atoms with van der Waals surface area (Å²) in [4.78, 5) is 13.8. The lowest BCUT2D eigenvalue weighted by Gasteiger charge is -2.49. The molecule has 1 saturated heterocycles. The number of rotatable bonds is 5. The monoisotopic (exact) mass is 406 g/mol. The van der Waals surface area contributed by atoms with Crippen molar-refractivity contribution in [2.45, 2.75) is 5.54 Å². The molecule has 0 atom stereocenters. The molecule has 0 aliphatic carbocycles. The van der Waals surface area contributed by atoms with Gasteiger partial charge in [0.1, 0.15) is 0 Å². The molecule has 0 bridgehead atoms. The van der Waals surface area contributed by atoms with Crippen LogP contribution in [0.25, 0.3) is 0 Å². The van der Waals surface area contributed by atoms with Crippen LogP contribution < -0.4 is 4.90 Å². The fourth-order valence-electron chi connectivity index (χ4n) is 4.78. The van der Waals surface area contributed by atoms with Gasteiger partial charge in [0.2, 0.25) is 5.95 Å². The Morgan fingerprint density at radius 3 is 1.35 bits per heavy atom. The van der Waals surface area contributed by atoms with Crippen molar-refractivity contribution in [3.05, 3.63) is 126 Å². The van der Waals surface area contributed by atoms with E-state index in [1.165, 1.54) is 16.7 Å². The van der Waals surface area contributed by atoms with Crippen LogP contribution in [0.15, 0.2) is 109 Å². The second-order valence-electron chi connectivity index (χ2n) is 7.83. The summed E-state index contributed by atoms with van der Waals surface area (Å²) >= 11 is 0. The third-order valence-corrected chi connectivity index (χ3v) is 6.16. The van der Waals surface area contributed by atoms with Gasteiger partial charge >= 0.3 is 0 Å². The van der Waals surface area contributed by atoms with Crippen molar-refractivity contribution in [1.29, 1.82) is 0 Å². The van der Waals surface area contributed by atoms with Crippen LogP contribution in [-0.2, 0) is 5.54 Å². The Labute approximate surface area is 183 Å². The SMILES string of the molecule is c1ccc(C(c2ccccc2)(c2ccccc2)N2CCN(c3ncccn3)CC2)cc1. The number of nitrogens with zero attached hydrogens (tertiary/aromatic N) is 4. The number of piperazine rings is 1. The van der Waals surface area contributed by atoms with E-state index in [1.807, 2.05) is 18.5 Å². The van der Waals surface area contributed by atoms with Crippen molar-refractivity contribution in [3.8, 4) is 0 Å². The summed E-state index contributed by atoms with van der Waals surface area (Å²) in [5.74, 6) is 0.812. The summed E-state index contributed by atoms with van der Waals surface area (Å²) in [5, 5.41) is 0. The Kier molecular flexibility index (Phi) is 5.46. The van der Waals surface area contributed by atoms with Gasteiger partial charge in [-0.3, -0.25) is 4.90 Å². The molecule has 0 saturated carbocycles. The summed E-state index contributed by atoms with van der Waals surface area (Å²) in [7, 11) is 0. The smallest absolute Gasteiger partial charge is 0.225 e. The highest BCUT2D eigenvalue weighted by Crippen LogP contribution is 2.42. The first-order valence-electron chi connectivity index (χ1n) is 10.8. The molecular weight excluding hydrogens is 380 g/mol. The van der Waals surface area contributed by atoms with E-state index in [2.05, 4.69) is 111 Å². The molecule has 4 heteroatoms. The molecule has 154 valence electrons. The van der Waals surface area contributed by atoms with Gasteiger partial charge in [-0.1, -0.05) is 91.0 Å². The number of benzene rings is 3. The van der Waals surface area contributed by atoms with Gasteiger partial charge in [0, 0.05) is 38.6 Å². The van der Waals surface area contributed by atoms with E-state index in [-0.39, 0.29) is 5.54 Å². The Morgan fingerprint density at radius 2 is 0.935 bits per heavy atom. The van der Waals surface area contributed by atoms with Crippen LogP contribution in [0.5, 0.6) is 0 Å². The molecule has 0 spiro atoms. The quantitative estimate of drug-likeness (QED) is 0.454. The average molecular weight is 407 g/mol. The van der Waals surface area contributed by atoms with Gasteiger partial charge in [-0.2, -0.15) is 0 Å². The number of anilines is 1. The highest BCUT2D eigenvalue weighted by atomic mass is 15.3. The maximum Gasteiger partial charge on any atom is 0.225 e. The maximum atomic E-state index is 4.46. The van der Waals surface area contributed by atoms with Crippen molar-refractivity contribution < 1.29 is 0 Å². The second kappa shape index (κ2) is 8.70. The molecule has 0 amide bonds. The normalized spacial score (nSPS) is 15.0. The van der Waals surface area contributed by atoms with Gasteiger partial charge in [0.25, 0.3) is 0 Å². The van der Waals surface area contributed by atoms with Gasteiger partial charge in [-0.05, 0) is 22.8 Å². The zero-order valence-electron chi connectivity index (χ0n) is 17.5. The Hall–Kier alpha value is -3.50. The van der Waals surface area contributed by atoms with E-state index < -0.39 is 0 Å². The molecule has 0 N–H and O–H groups in total. The highest BCUT2D eigenvalue weighted by molar-refractivity contribution is 5.50. The largest absolute Gasteiger partial charge is 0.338 e. The van der Waals surface area contributed by atoms with E-state index in [4.69, 9.17) is 0 Å². The second-order valence-corrected chi connectivity index (χ2v) is 7.83. The lowest BCUT2D eigenvalue weighted by atomic mass is 9.75. The zero-order valence-corrected chi connectivity index (χ0v) is 17.5. The molecule has 31 heavy (non-hydrogen) atoms. The predicted molar refractivity (Wildman–Crippen MR) is 125 cm³/mol. The first-order valence-corrected chi connectivity index (χ1v) is 10.8. The topological polar surface area (TPSA) is 32.3 Å². The van der Waals surface area contributed by atoms with E-state index in [9.17, 15) is 0 Å². The van der Waals surface area contributed by atoms with Gasteiger partial charge in [0.05, 0.1) is 5.54 Å². The molecule has 2 heterocycles. The van der Waals surface area contributed by atoms with E-state index in [0.717, 1.165) is 32.1 Å². The molecule has 4 nitrogen and oxygen atoms in total. The lowest BCUT2D eigenvalue weighted by molar-refractivity contribution is 0.146. The average Bonchev–Trinajstić information content (AvgIpc) is 2.88. The van der Waals surface area contributed by atoms with Crippen LogP contribution in [0, 0.1) is 0 Å². The van der Waals surface area contributed by atoms with E-state index >= 15 is 0 Å². The van der Waals surface area contributed by atoms with Crippen molar-refractivity contribution in [2.75, 3.05) is 31.1 Å². The summed E-state index contributed by atoms with van der Waals surface area (Å²) in [6, 6.07) is 34.5. The van der Waals surface area contributed by atoms with Gasteiger partial charge in [-0.25, -0.2) is 9.97 Å². The molecule has 3 aromatic carbocycles. The molecule has 1 aliphatic heterocycles. The summed E-state index contributed by atoms with van der Waals surface area (Å²) in [6.45, 7) is 3.60. The van der Waals surface area contributed by atoms with Crippen LogP contribution in [0.1, 0.15) is 16.7 Å². The van der Waals surface area contributed by atoms with Gasteiger partial charge in [0.15, 0.2) is 0 Å². The minimum atomic E-state index is -0.354. The number of hydrogen-bond donors (Lipinski definition) is 0. The van der Waals surface area contributed by atoms with Crippen molar-refractivity contribution in [3.63, 3.8) is 0 Å². The minimum absolute atomic E-state index is 0.354. The van der Waals surface area contributed by atoms with Crippen molar-refractivity contribution in [1.82, 2.24) is 14.9 Å². The molecule has 1 aliphatic rings. The molecule has 0 unspecified atom stereocenters. The number of aromatic nitrogens is 2. The molecule has 0 radical (unpaired) electrons. The fraction of sp³-hybridized carbons (Fsp3) is 0.185. The van der Waals surface area contributed by atoms with Crippen LogP contribution >= 0.6 is 0 Å². The Bertz CT molecular complexity index is 980. The number of hydrogen-bond acceptors (Lipinski definition) is 4. The van der Waals surface area contributed by atoms with E-state index in [1.54, 1.807) is 0 Å². The first kappa shape index (κ1) is 19.5. The standard InChI is InChI=1S/C27H26N4/c1-4-11-23(12-5-1)27(24-13-6-2-7-14-24,25-15-8-3-9-16-25)31-21-19-30(20-22-31)26-28-17-10-18-29-26/h1-18H,19-22H2. The molecule has 4 aromatic rings. The van der Waals surface area contributed by atoms with Gasteiger partial charge < -0.3 is 4.90 Å². The molecule has 1 fully saturated rings. The summed E-state index contributed by atoms with van der Waals surface area (Å²) in [5.41, 5.74) is 3.51. The lowest BCUT2D eigenvalue weighted by Crippen LogP contribution is -2.56. The summed E-state index contributed by atoms with van der Waals surface area (Å²) in [6.07, 6.45) is 3.63. The maximum absolute atomic E-state index is 4.46. The van der Waals surface area contributed by atoms with Crippen molar-refractivity contribution in [2.24, 2.45) is 0 Å². The minimum Gasteiger partial charge on any atom is -0.338 e. The fourth-order valence-corrected chi connectivity index (χ4v) is 4.78. The highest BCUT2D eigenvalue weighted by Gasteiger charge is 2.43. The third-order valence-electron chi connectivity index (χ3n) is 6.16. The Morgan fingerprint density at radius 1 is 0.516 bits per heavy atom. The zero-order chi connectivity index (χ0) is 20.9. The third kappa shape index (κ3) is 3.60. The molecular formula is C27H26N4. The summed E-state index contributed by atoms with van der Waals surface area (Å²) < 4.78 is 0. The molecule has 1 aromatic heterocycles. The Balaban J connectivity index is 1.61. The van der Waals surface area contributed by atoms with Crippen LogP contribution in [0.2, 0.25) is 0 Å². The van der Waals surface area contributed by atoms with Crippen LogP contribution in [0.3, 0.4) is 0 Å². The first-order chi connectivity index (χ1) is 15.4. The van der Waals surface area contributed by atoms with Gasteiger partial charge in [-0.15, -0.1) is 0 Å².